The van der Waals surface area contributed by atoms with Gasteiger partial charge in [0.05, 0.1) is 44.9 Å². The van der Waals surface area contributed by atoms with Crippen LogP contribution in [-0.4, -0.2) is 45.6 Å². The van der Waals surface area contributed by atoms with Crippen LogP contribution in [0.1, 0.15) is 17.3 Å². The van der Waals surface area contributed by atoms with E-state index in [9.17, 15) is 9.59 Å². The van der Waals surface area contributed by atoms with E-state index < -0.39 is 11.2 Å². The van der Waals surface area contributed by atoms with Gasteiger partial charge >= 0.3 is 5.97 Å². The molecule has 2 aromatic rings. The quantitative estimate of drug-likeness (QED) is 0.530. The minimum Gasteiger partial charge on any atom is -0.497 e. The van der Waals surface area contributed by atoms with Crippen LogP contribution in [0.2, 0.25) is 0 Å². The molecule has 0 aromatic heterocycles. The monoisotopic (exact) mass is 405 g/mol. The molecular weight excluding hydrogens is 382 g/mol. The molecule has 0 saturated heterocycles. The average Bonchev–Trinajstić information content (AvgIpc) is 2.73. The fourth-order valence-electron chi connectivity index (χ4n) is 2.41. The Kier molecular flexibility index (Phi) is 7.57. The summed E-state index contributed by atoms with van der Waals surface area (Å²) in [7, 11) is 5.81. The van der Waals surface area contributed by atoms with Crippen LogP contribution in [-0.2, 0) is 9.53 Å². The van der Waals surface area contributed by atoms with E-state index in [-0.39, 0.29) is 17.2 Å². The van der Waals surface area contributed by atoms with E-state index in [4.69, 9.17) is 18.9 Å². The fraction of sp³-hybridized carbons (Fsp3) is 0.300. The van der Waals surface area contributed by atoms with Gasteiger partial charge in [-0.3, -0.25) is 4.79 Å². The number of esters is 1. The predicted molar refractivity (Wildman–Crippen MR) is 108 cm³/mol. The Balaban J connectivity index is 2.21. The maximum Gasteiger partial charge on any atom is 0.340 e. The summed E-state index contributed by atoms with van der Waals surface area (Å²) in [6.45, 7) is 1.78. The SMILES string of the molecule is COC(=O)c1cc(OC)c(OC)cc1NC(=O)C(C)Sc1ccc(OC)cc1. The van der Waals surface area contributed by atoms with Crippen LogP contribution >= 0.6 is 11.8 Å². The van der Waals surface area contributed by atoms with Crippen molar-refractivity contribution in [2.75, 3.05) is 33.8 Å². The van der Waals surface area contributed by atoms with Crippen molar-refractivity contribution >= 4 is 29.3 Å². The number of anilines is 1. The molecule has 28 heavy (non-hydrogen) atoms. The number of hydrogen-bond donors (Lipinski definition) is 1. The van der Waals surface area contributed by atoms with Crippen molar-refractivity contribution in [1.29, 1.82) is 0 Å². The highest BCUT2D eigenvalue weighted by atomic mass is 32.2. The Bertz CT molecular complexity index is 837. The van der Waals surface area contributed by atoms with Crippen LogP contribution in [0.15, 0.2) is 41.3 Å². The highest BCUT2D eigenvalue weighted by Gasteiger charge is 2.21. The number of amides is 1. The first-order valence-corrected chi connectivity index (χ1v) is 9.27. The molecular formula is C20H23NO6S. The zero-order chi connectivity index (χ0) is 20.7. The first-order chi connectivity index (χ1) is 13.4. The number of benzene rings is 2. The molecule has 0 aliphatic rings. The second-order valence-electron chi connectivity index (χ2n) is 5.67. The van der Waals surface area contributed by atoms with Crippen LogP contribution in [0.5, 0.6) is 17.2 Å². The van der Waals surface area contributed by atoms with Crippen molar-refractivity contribution in [3.05, 3.63) is 42.0 Å². The summed E-state index contributed by atoms with van der Waals surface area (Å²) >= 11 is 1.39. The first-order valence-electron chi connectivity index (χ1n) is 8.39. The molecule has 0 radical (unpaired) electrons. The number of nitrogens with one attached hydrogen (secondary N) is 1. The number of thioether (sulfide) groups is 1. The summed E-state index contributed by atoms with van der Waals surface area (Å²) < 4.78 is 20.4. The Labute approximate surface area is 168 Å². The largest absolute Gasteiger partial charge is 0.497 e. The lowest BCUT2D eigenvalue weighted by Crippen LogP contribution is -2.24. The second-order valence-corrected chi connectivity index (χ2v) is 7.08. The minimum absolute atomic E-state index is 0.176. The molecule has 1 unspecified atom stereocenters. The van der Waals surface area contributed by atoms with Gasteiger partial charge in [0.2, 0.25) is 5.91 Å². The molecule has 1 amide bonds. The topological polar surface area (TPSA) is 83.1 Å². The molecule has 0 bridgehead atoms. The predicted octanol–water partition coefficient (Wildman–Crippen LogP) is 3.62. The van der Waals surface area contributed by atoms with E-state index in [1.54, 1.807) is 14.0 Å². The Morgan fingerprint density at radius 2 is 1.54 bits per heavy atom. The maximum absolute atomic E-state index is 12.7. The van der Waals surface area contributed by atoms with E-state index in [2.05, 4.69) is 5.32 Å². The smallest absolute Gasteiger partial charge is 0.340 e. The van der Waals surface area contributed by atoms with Crippen molar-refractivity contribution in [3.8, 4) is 17.2 Å². The van der Waals surface area contributed by atoms with Gasteiger partial charge in [-0.15, -0.1) is 11.8 Å². The zero-order valence-corrected chi connectivity index (χ0v) is 17.2. The summed E-state index contributed by atoms with van der Waals surface area (Å²) in [4.78, 5) is 25.7. The third kappa shape index (κ3) is 5.10. The number of hydrogen-bond acceptors (Lipinski definition) is 7. The molecule has 0 aliphatic heterocycles. The van der Waals surface area contributed by atoms with E-state index in [0.29, 0.717) is 11.5 Å². The van der Waals surface area contributed by atoms with Crippen LogP contribution in [0.3, 0.4) is 0 Å². The van der Waals surface area contributed by atoms with E-state index in [1.165, 1.54) is 45.2 Å². The molecule has 0 heterocycles. The number of carbonyl (C=O) groups is 2. The number of ether oxygens (including phenoxy) is 4. The van der Waals surface area contributed by atoms with Gasteiger partial charge in [-0.1, -0.05) is 0 Å². The lowest BCUT2D eigenvalue weighted by Gasteiger charge is -2.17. The molecule has 0 spiro atoms. The van der Waals surface area contributed by atoms with E-state index in [1.807, 2.05) is 24.3 Å². The van der Waals surface area contributed by atoms with Crippen LogP contribution in [0, 0.1) is 0 Å². The lowest BCUT2D eigenvalue weighted by molar-refractivity contribution is -0.115. The van der Waals surface area contributed by atoms with Crippen molar-refractivity contribution in [2.24, 2.45) is 0 Å². The molecule has 1 atom stereocenters. The molecule has 7 nitrogen and oxygen atoms in total. The van der Waals surface area contributed by atoms with Crippen molar-refractivity contribution < 1.29 is 28.5 Å². The van der Waals surface area contributed by atoms with Crippen molar-refractivity contribution in [1.82, 2.24) is 0 Å². The standard InChI is InChI=1S/C20H23NO6S/c1-12(28-14-8-6-13(24-2)7-9-14)19(22)21-16-11-18(26-4)17(25-3)10-15(16)20(23)27-5/h6-12H,1-5H3,(H,21,22). The molecule has 150 valence electrons. The third-order valence-corrected chi connectivity index (χ3v) is 5.04. The third-order valence-electron chi connectivity index (χ3n) is 3.93. The Morgan fingerprint density at radius 3 is 2.07 bits per heavy atom. The van der Waals surface area contributed by atoms with Gasteiger partial charge in [0.15, 0.2) is 11.5 Å². The summed E-state index contributed by atoms with van der Waals surface area (Å²) in [5, 5.41) is 2.36. The van der Waals surface area contributed by atoms with E-state index in [0.717, 1.165) is 10.6 Å². The lowest BCUT2D eigenvalue weighted by atomic mass is 10.1. The Morgan fingerprint density at radius 1 is 0.929 bits per heavy atom. The first kappa shape index (κ1) is 21.4. The number of methoxy groups -OCH3 is 4. The summed E-state index contributed by atoms with van der Waals surface area (Å²) in [6.07, 6.45) is 0. The van der Waals surface area contributed by atoms with E-state index >= 15 is 0 Å². The molecule has 0 saturated carbocycles. The fourth-order valence-corrected chi connectivity index (χ4v) is 3.27. The zero-order valence-electron chi connectivity index (χ0n) is 16.4. The van der Waals surface area contributed by atoms with Gasteiger partial charge in [0, 0.05) is 17.0 Å². The number of rotatable bonds is 8. The summed E-state index contributed by atoms with van der Waals surface area (Å²) in [5.74, 6) is 0.641. The molecule has 2 rings (SSSR count). The number of carbonyl (C=O) groups excluding carboxylic acids is 2. The summed E-state index contributed by atoms with van der Waals surface area (Å²) in [6, 6.07) is 10.4. The molecule has 0 fully saturated rings. The highest BCUT2D eigenvalue weighted by Crippen LogP contribution is 2.34. The van der Waals surface area contributed by atoms with Gasteiger partial charge in [-0.25, -0.2) is 4.79 Å². The highest BCUT2D eigenvalue weighted by molar-refractivity contribution is 8.00. The molecule has 0 aliphatic carbocycles. The molecule has 8 heteroatoms. The molecule has 2 aromatic carbocycles. The van der Waals surface area contributed by atoms with Gasteiger partial charge in [-0.2, -0.15) is 0 Å². The van der Waals surface area contributed by atoms with Crippen molar-refractivity contribution in [2.45, 2.75) is 17.1 Å². The Hall–Kier alpha value is -2.87. The van der Waals surface area contributed by atoms with Gasteiger partial charge in [0.25, 0.3) is 0 Å². The minimum atomic E-state index is -0.591. The van der Waals surface area contributed by atoms with Crippen LogP contribution in [0.4, 0.5) is 5.69 Å². The second kappa shape index (κ2) is 9.89. The van der Waals surface area contributed by atoms with Crippen molar-refractivity contribution in [3.63, 3.8) is 0 Å². The van der Waals surface area contributed by atoms with Gasteiger partial charge < -0.3 is 24.3 Å². The summed E-state index contributed by atoms with van der Waals surface area (Å²) in [5.41, 5.74) is 0.465. The van der Waals surface area contributed by atoms with Crippen LogP contribution < -0.4 is 19.5 Å². The van der Waals surface area contributed by atoms with Gasteiger partial charge in [-0.05, 0) is 31.2 Å². The normalized spacial score (nSPS) is 11.3. The molecule has 1 N–H and O–H groups in total. The maximum atomic E-state index is 12.7. The van der Waals surface area contributed by atoms with Crippen LogP contribution in [0.25, 0.3) is 0 Å². The van der Waals surface area contributed by atoms with Gasteiger partial charge in [0.1, 0.15) is 5.75 Å². The average molecular weight is 405 g/mol.